The van der Waals surface area contributed by atoms with Gasteiger partial charge in [-0.25, -0.2) is 9.13 Å². The zero-order valence-electron chi connectivity index (χ0n) is 60.2. The normalized spacial score (nSPS) is 14.3. The first-order valence-corrected chi connectivity index (χ1v) is 40.7. The van der Waals surface area contributed by atoms with Crippen LogP contribution in [0, 0.1) is 17.8 Å². The molecule has 0 radical (unpaired) electrons. The number of aliphatic hydroxyl groups excluding tert-OH is 1. The molecule has 0 rings (SSSR count). The summed E-state index contributed by atoms with van der Waals surface area (Å²) in [6, 6.07) is 0. The van der Waals surface area contributed by atoms with Gasteiger partial charge in [0.05, 0.1) is 26.4 Å². The molecule has 0 aromatic heterocycles. The molecular weight excluding hydrogens is 1220 g/mol. The lowest BCUT2D eigenvalue weighted by Gasteiger charge is -2.21. The van der Waals surface area contributed by atoms with Crippen LogP contribution in [0.4, 0.5) is 0 Å². The minimum Gasteiger partial charge on any atom is -0.462 e. The Hall–Kier alpha value is -2.46. The van der Waals surface area contributed by atoms with Crippen molar-refractivity contribution in [2.24, 2.45) is 17.8 Å². The Balaban J connectivity index is 5.22. The minimum absolute atomic E-state index is 0.0838. The molecule has 0 aromatic rings. The number of hydrogen-bond acceptors (Lipinski definition) is 15. The molecule has 0 aliphatic heterocycles. The van der Waals surface area contributed by atoms with Crippen LogP contribution in [-0.4, -0.2) is 96.7 Å². The first kappa shape index (κ1) is 90.5. The molecule has 0 bridgehead atoms. The van der Waals surface area contributed by atoms with Crippen LogP contribution in [-0.2, 0) is 65.4 Å². The van der Waals surface area contributed by atoms with E-state index in [1.54, 1.807) is 0 Å². The van der Waals surface area contributed by atoms with Gasteiger partial charge in [-0.05, 0) is 69.1 Å². The molecule has 0 saturated carbocycles. The van der Waals surface area contributed by atoms with Gasteiger partial charge >= 0.3 is 39.5 Å². The van der Waals surface area contributed by atoms with E-state index in [1.165, 1.54) is 135 Å². The molecule has 5 atom stereocenters. The number of unbranched alkanes of at least 4 members (excludes halogenated alkanes) is 35. The number of phosphoric ester groups is 2. The van der Waals surface area contributed by atoms with Crippen molar-refractivity contribution in [3.63, 3.8) is 0 Å². The second kappa shape index (κ2) is 64.2. The third-order valence-corrected chi connectivity index (χ3v) is 18.4. The number of carbonyl (C=O) groups excluding carboxylic acids is 4. The summed E-state index contributed by atoms with van der Waals surface area (Å²) in [6.07, 6.45) is 52.5. The number of aliphatic hydroxyl groups is 1. The maximum absolute atomic E-state index is 13.0. The van der Waals surface area contributed by atoms with Crippen molar-refractivity contribution < 1.29 is 80.2 Å². The molecule has 0 aliphatic rings. The molecule has 93 heavy (non-hydrogen) atoms. The van der Waals surface area contributed by atoms with Crippen molar-refractivity contribution in [1.82, 2.24) is 0 Å². The second-order valence-corrected chi connectivity index (χ2v) is 30.3. The molecule has 0 saturated heterocycles. The van der Waals surface area contributed by atoms with Crippen molar-refractivity contribution in [3.8, 4) is 0 Å². The van der Waals surface area contributed by atoms with Crippen LogP contribution in [0.1, 0.15) is 350 Å². The Morgan fingerprint density at radius 2 is 0.581 bits per heavy atom. The van der Waals surface area contributed by atoms with Gasteiger partial charge < -0.3 is 33.8 Å². The third-order valence-electron chi connectivity index (χ3n) is 16.5. The fraction of sp³-hybridized carbons (Fsp3) is 0.892. The van der Waals surface area contributed by atoms with E-state index in [9.17, 15) is 43.2 Å². The van der Waals surface area contributed by atoms with Crippen LogP contribution in [0.3, 0.4) is 0 Å². The molecule has 19 heteroatoms. The van der Waals surface area contributed by atoms with Crippen LogP contribution in [0.2, 0.25) is 0 Å². The van der Waals surface area contributed by atoms with Gasteiger partial charge in [0.15, 0.2) is 12.2 Å². The molecule has 3 N–H and O–H groups in total. The molecule has 0 aliphatic carbocycles. The zero-order chi connectivity index (χ0) is 68.7. The summed E-state index contributed by atoms with van der Waals surface area (Å²) in [7, 11) is -9.92. The van der Waals surface area contributed by atoms with Crippen molar-refractivity contribution in [2.45, 2.75) is 369 Å². The van der Waals surface area contributed by atoms with Crippen molar-refractivity contribution in [3.05, 3.63) is 24.3 Å². The fourth-order valence-corrected chi connectivity index (χ4v) is 12.3. The van der Waals surface area contributed by atoms with Gasteiger partial charge in [0.1, 0.15) is 19.3 Å². The number of phosphoric acid groups is 2. The van der Waals surface area contributed by atoms with E-state index in [-0.39, 0.29) is 25.7 Å². The second-order valence-electron chi connectivity index (χ2n) is 27.4. The lowest BCUT2D eigenvalue weighted by Crippen LogP contribution is -2.30. The highest BCUT2D eigenvalue weighted by atomic mass is 31.2. The predicted octanol–water partition coefficient (Wildman–Crippen LogP) is 21.0. The SMILES string of the molecule is CCCCCC/C=C\C=C/CCCCCCCC(=O)O[C@H](COC(=O)CCCCCCCCCC(C)C)COP(=O)(O)OCC(O)COP(=O)(O)OC[C@@H](COC(=O)CCCCCCCCC(C)C)OC(=O)CCCCCCCCCCCCCCCCCCC(C)C. The summed E-state index contributed by atoms with van der Waals surface area (Å²) in [5.41, 5.74) is 0. The quantitative estimate of drug-likeness (QED) is 0.0169. The van der Waals surface area contributed by atoms with Crippen molar-refractivity contribution >= 4 is 39.5 Å². The number of esters is 4. The topological polar surface area (TPSA) is 237 Å². The molecule has 3 unspecified atom stereocenters. The number of carbonyl (C=O) groups is 4. The summed E-state index contributed by atoms with van der Waals surface area (Å²) < 4.78 is 68.3. The van der Waals surface area contributed by atoms with E-state index in [4.69, 9.17) is 37.0 Å². The van der Waals surface area contributed by atoms with Gasteiger partial charge in [-0.15, -0.1) is 0 Å². The molecular formula is C74H140O17P2. The first-order valence-electron chi connectivity index (χ1n) is 37.7. The van der Waals surface area contributed by atoms with E-state index in [0.717, 1.165) is 121 Å². The van der Waals surface area contributed by atoms with Crippen LogP contribution >= 0.6 is 15.6 Å². The van der Waals surface area contributed by atoms with Crippen molar-refractivity contribution in [1.29, 1.82) is 0 Å². The van der Waals surface area contributed by atoms with Crippen LogP contribution in [0.5, 0.6) is 0 Å². The largest absolute Gasteiger partial charge is 0.472 e. The van der Waals surface area contributed by atoms with Gasteiger partial charge in [0.2, 0.25) is 0 Å². The highest BCUT2D eigenvalue weighted by Crippen LogP contribution is 2.45. The summed E-state index contributed by atoms with van der Waals surface area (Å²) >= 11 is 0. The van der Waals surface area contributed by atoms with Gasteiger partial charge in [0.25, 0.3) is 0 Å². The standard InChI is InChI=1S/C74H140O17P2/c1-8-9-10-11-12-13-14-15-18-22-25-28-33-43-50-57-73(78)90-69(61-84-71(76)55-48-41-35-30-32-39-46-53-66(4)5)63-88-92(80,81)86-59-68(75)60-87-93(82,83)89-64-70(62-85-72(77)56-49-42-37-36-40-47-54-67(6)7)91-74(79)58-51-44-34-29-26-23-20-17-16-19-21-24-27-31-38-45-52-65(2)3/h13-15,18,65-70,75H,8-12,16-17,19-64H2,1-7H3,(H,80,81)(H,82,83)/b14-13-,18-15-/t68?,69-,70-/m1/s1. The smallest absolute Gasteiger partial charge is 0.462 e. The molecule has 0 aromatic carbocycles. The molecule has 0 fully saturated rings. The summed E-state index contributed by atoms with van der Waals surface area (Å²) in [4.78, 5) is 72.6. The maximum Gasteiger partial charge on any atom is 0.472 e. The lowest BCUT2D eigenvalue weighted by atomic mass is 10.0. The van der Waals surface area contributed by atoms with Crippen LogP contribution < -0.4 is 0 Å². The van der Waals surface area contributed by atoms with Gasteiger partial charge in [0, 0.05) is 25.7 Å². The number of ether oxygens (including phenoxy) is 4. The van der Waals surface area contributed by atoms with E-state index >= 15 is 0 Å². The maximum atomic E-state index is 13.0. The Bertz CT molecular complexity index is 1910. The fourth-order valence-electron chi connectivity index (χ4n) is 10.7. The summed E-state index contributed by atoms with van der Waals surface area (Å²) in [5.74, 6) is 0.0321. The van der Waals surface area contributed by atoms with Crippen LogP contribution in [0.25, 0.3) is 0 Å². The monoisotopic (exact) mass is 1360 g/mol. The van der Waals surface area contributed by atoms with Crippen LogP contribution in [0.15, 0.2) is 24.3 Å². The summed E-state index contributed by atoms with van der Waals surface area (Å²) in [6.45, 7) is 11.7. The Kier molecular flexibility index (Phi) is 62.5. The highest BCUT2D eigenvalue weighted by molar-refractivity contribution is 7.47. The molecule has 0 spiro atoms. The Labute approximate surface area is 567 Å². The molecule has 17 nitrogen and oxygen atoms in total. The summed E-state index contributed by atoms with van der Waals surface area (Å²) in [5, 5.41) is 10.6. The number of allylic oxidation sites excluding steroid dienone is 4. The van der Waals surface area contributed by atoms with E-state index in [0.29, 0.717) is 37.5 Å². The van der Waals surface area contributed by atoms with E-state index < -0.39 is 97.5 Å². The molecule has 0 amide bonds. The molecule has 0 heterocycles. The minimum atomic E-state index is -4.96. The Morgan fingerprint density at radius 1 is 0.333 bits per heavy atom. The number of hydrogen-bond donors (Lipinski definition) is 3. The predicted molar refractivity (Wildman–Crippen MR) is 377 cm³/mol. The first-order chi connectivity index (χ1) is 44.7. The van der Waals surface area contributed by atoms with E-state index in [1.807, 2.05) is 0 Å². The highest BCUT2D eigenvalue weighted by Gasteiger charge is 2.30. The average Bonchev–Trinajstić information content (AvgIpc) is 1.71. The molecule has 548 valence electrons. The van der Waals surface area contributed by atoms with Gasteiger partial charge in [-0.3, -0.25) is 37.3 Å². The Morgan fingerprint density at radius 3 is 0.871 bits per heavy atom. The van der Waals surface area contributed by atoms with Crippen molar-refractivity contribution in [2.75, 3.05) is 39.6 Å². The van der Waals surface area contributed by atoms with Gasteiger partial charge in [-0.1, -0.05) is 297 Å². The average molecular weight is 1360 g/mol. The third kappa shape index (κ3) is 67.9. The zero-order valence-corrected chi connectivity index (χ0v) is 62.0. The van der Waals surface area contributed by atoms with Gasteiger partial charge in [-0.2, -0.15) is 0 Å². The van der Waals surface area contributed by atoms with E-state index in [2.05, 4.69) is 72.8 Å². The number of rotatable bonds is 70. The lowest BCUT2D eigenvalue weighted by molar-refractivity contribution is -0.161.